The molecule has 1 N–H and O–H groups in total. The molecule has 5 nitrogen and oxygen atoms in total. The number of benzene rings is 2. The molecular weight excluding hydrogens is 340 g/mol. The molecule has 1 heterocycles. The summed E-state index contributed by atoms with van der Waals surface area (Å²) in [4.78, 5) is 11.2. The lowest BCUT2D eigenvalue weighted by Crippen LogP contribution is -2.05. The van der Waals surface area contributed by atoms with E-state index in [9.17, 15) is 9.90 Å². The Labute approximate surface area is 129 Å². The van der Waals surface area contributed by atoms with Gasteiger partial charge >= 0.3 is 5.97 Å². The van der Waals surface area contributed by atoms with E-state index in [2.05, 4.69) is 15.9 Å². The zero-order valence-corrected chi connectivity index (χ0v) is 12.4. The fourth-order valence-corrected chi connectivity index (χ4v) is 2.43. The van der Waals surface area contributed by atoms with Gasteiger partial charge in [-0.2, -0.15) is 0 Å². The smallest absolute Gasteiger partial charge is 0.336 e. The Balaban J connectivity index is 1.78. The molecule has 0 aromatic heterocycles. The van der Waals surface area contributed by atoms with Crippen molar-refractivity contribution in [2.75, 3.05) is 6.79 Å². The molecule has 2 aromatic carbocycles. The highest BCUT2D eigenvalue weighted by Crippen LogP contribution is 2.35. The zero-order chi connectivity index (χ0) is 14.8. The second-order valence-electron chi connectivity index (χ2n) is 4.41. The Hall–Kier alpha value is -2.21. The van der Waals surface area contributed by atoms with Gasteiger partial charge in [0.25, 0.3) is 0 Å². The van der Waals surface area contributed by atoms with E-state index in [4.69, 9.17) is 14.2 Å². The molecule has 6 heteroatoms. The zero-order valence-electron chi connectivity index (χ0n) is 10.8. The van der Waals surface area contributed by atoms with Crippen molar-refractivity contribution in [2.45, 2.75) is 6.61 Å². The minimum absolute atomic E-state index is 0.153. The molecule has 0 aliphatic carbocycles. The molecule has 2 aromatic rings. The van der Waals surface area contributed by atoms with E-state index < -0.39 is 5.97 Å². The summed E-state index contributed by atoms with van der Waals surface area (Å²) in [6.45, 7) is 0.355. The first-order valence-electron chi connectivity index (χ1n) is 6.17. The van der Waals surface area contributed by atoms with Crippen LogP contribution in [0.1, 0.15) is 15.9 Å². The van der Waals surface area contributed by atoms with E-state index in [1.807, 2.05) is 0 Å². The minimum atomic E-state index is -0.980. The summed E-state index contributed by atoms with van der Waals surface area (Å²) >= 11 is 3.33. The Morgan fingerprint density at radius 3 is 2.81 bits per heavy atom. The average Bonchev–Trinajstić information content (AvgIpc) is 2.92. The van der Waals surface area contributed by atoms with Crippen LogP contribution in [0, 0.1) is 0 Å². The monoisotopic (exact) mass is 350 g/mol. The summed E-state index contributed by atoms with van der Waals surface area (Å²) in [5, 5.41) is 9.17. The molecule has 108 valence electrons. The SMILES string of the molecule is O=C(O)c1ccc(Br)cc1COc1ccc2c(c1)OCO2. The Bertz CT molecular complexity index is 698. The maximum absolute atomic E-state index is 11.2. The number of hydrogen-bond donors (Lipinski definition) is 1. The van der Waals surface area contributed by atoms with Gasteiger partial charge in [0.05, 0.1) is 5.56 Å². The number of ether oxygens (including phenoxy) is 3. The van der Waals surface area contributed by atoms with E-state index in [1.54, 1.807) is 36.4 Å². The van der Waals surface area contributed by atoms with E-state index in [0.717, 1.165) is 4.47 Å². The molecule has 0 fully saturated rings. The molecule has 3 rings (SSSR count). The number of carboxylic acids is 1. The van der Waals surface area contributed by atoms with Crippen LogP contribution in [0.25, 0.3) is 0 Å². The standard InChI is InChI=1S/C15H11BrO5/c16-10-1-3-12(15(17)18)9(5-10)7-19-11-2-4-13-14(6-11)21-8-20-13/h1-6H,7-8H2,(H,17,18). The van der Waals surface area contributed by atoms with Crippen LogP contribution in [0.3, 0.4) is 0 Å². The first kappa shape index (κ1) is 13.8. The van der Waals surface area contributed by atoms with E-state index >= 15 is 0 Å². The Morgan fingerprint density at radius 2 is 2.00 bits per heavy atom. The van der Waals surface area contributed by atoms with Gasteiger partial charge in [0.15, 0.2) is 11.5 Å². The van der Waals surface area contributed by atoms with Crippen LogP contribution in [-0.2, 0) is 6.61 Å². The van der Waals surface area contributed by atoms with Crippen molar-refractivity contribution in [3.8, 4) is 17.2 Å². The minimum Gasteiger partial charge on any atom is -0.489 e. The molecular formula is C15H11BrO5. The summed E-state index contributed by atoms with van der Waals surface area (Å²) in [6.07, 6.45) is 0. The number of hydrogen-bond acceptors (Lipinski definition) is 4. The highest BCUT2D eigenvalue weighted by Gasteiger charge is 2.15. The fraction of sp³-hybridized carbons (Fsp3) is 0.133. The van der Waals surface area contributed by atoms with Gasteiger partial charge < -0.3 is 19.3 Å². The predicted molar refractivity (Wildman–Crippen MR) is 78.0 cm³/mol. The summed E-state index contributed by atoms with van der Waals surface area (Å²) in [5.74, 6) is 0.915. The van der Waals surface area contributed by atoms with Crippen LogP contribution in [0.4, 0.5) is 0 Å². The molecule has 0 bridgehead atoms. The normalized spacial score (nSPS) is 12.2. The highest BCUT2D eigenvalue weighted by atomic mass is 79.9. The summed E-state index contributed by atoms with van der Waals surface area (Å²) < 4.78 is 16.9. The number of rotatable bonds is 4. The van der Waals surface area contributed by atoms with Crippen molar-refractivity contribution in [1.29, 1.82) is 0 Å². The number of carbonyl (C=O) groups is 1. The first-order valence-corrected chi connectivity index (χ1v) is 6.97. The van der Waals surface area contributed by atoms with Crippen molar-refractivity contribution >= 4 is 21.9 Å². The largest absolute Gasteiger partial charge is 0.489 e. The summed E-state index contributed by atoms with van der Waals surface area (Å²) in [7, 11) is 0. The number of aromatic carboxylic acids is 1. The van der Waals surface area contributed by atoms with Crippen LogP contribution < -0.4 is 14.2 Å². The first-order chi connectivity index (χ1) is 10.1. The maximum atomic E-state index is 11.2. The van der Waals surface area contributed by atoms with Gasteiger partial charge in [-0.15, -0.1) is 0 Å². The lowest BCUT2D eigenvalue weighted by atomic mass is 10.1. The summed E-state index contributed by atoms with van der Waals surface area (Å²) in [6, 6.07) is 10.2. The average molecular weight is 351 g/mol. The van der Waals surface area contributed by atoms with Gasteiger partial charge in [0.1, 0.15) is 12.4 Å². The molecule has 0 unspecified atom stereocenters. The molecule has 0 radical (unpaired) electrons. The van der Waals surface area contributed by atoms with Crippen LogP contribution >= 0.6 is 15.9 Å². The maximum Gasteiger partial charge on any atom is 0.336 e. The van der Waals surface area contributed by atoms with Crippen LogP contribution in [0.5, 0.6) is 17.2 Å². The predicted octanol–water partition coefficient (Wildman–Crippen LogP) is 3.46. The third-order valence-electron chi connectivity index (χ3n) is 3.04. The third kappa shape index (κ3) is 2.95. The number of halogens is 1. The van der Waals surface area contributed by atoms with Crippen LogP contribution in [0.2, 0.25) is 0 Å². The second-order valence-corrected chi connectivity index (χ2v) is 5.33. The molecule has 21 heavy (non-hydrogen) atoms. The van der Waals surface area contributed by atoms with Gasteiger partial charge in [-0.3, -0.25) is 0 Å². The summed E-state index contributed by atoms with van der Waals surface area (Å²) in [5.41, 5.74) is 0.813. The third-order valence-corrected chi connectivity index (χ3v) is 3.53. The molecule has 0 spiro atoms. The highest BCUT2D eigenvalue weighted by molar-refractivity contribution is 9.10. The van der Waals surface area contributed by atoms with Crippen molar-refractivity contribution in [3.63, 3.8) is 0 Å². The van der Waals surface area contributed by atoms with E-state index in [1.165, 1.54) is 0 Å². The topological polar surface area (TPSA) is 65.0 Å². The van der Waals surface area contributed by atoms with Gasteiger partial charge in [0.2, 0.25) is 6.79 Å². The van der Waals surface area contributed by atoms with E-state index in [-0.39, 0.29) is 19.0 Å². The van der Waals surface area contributed by atoms with Gasteiger partial charge in [-0.25, -0.2) is 4.79 Å². The van der Waals surface area contributed by atoms with Crippen molar-refractivity contribution < 1.29 is 24.1 Å². The second kappa shape index (κ2) is 5.65. The molecule has 1 aliphatic rings. The van der Waals surface area contributed by atoms with Crippen LogP contribution in [-0.4, -0.2) is 17.9 Å². The lowest BCUT2D eigenvalue weighted by Gasteiger charge is -2.10. The fourth-order valence-electron chi connectivity index (χ4n) is 2.02. The van der Waals surface area contributed by atoms with E-state index in [0.29, 0.717) is 22.8 Å². The quantitative estimate of drug-likeness (QED) is 0.914. The van der Waals surface area contributed by atoms with Crippen molar-refractivity contribution in [2.24, 2.45) is 0 Å². The molecule has 0 saturated heterocycles. The number of fused-ring (bicyclic) bond motifs is 1. The molecule has 0 atom stereocenters. The Morgan fingerprint density at radius 1 is 1.19 bits per heavy atom. The van der Waals surface area contributed by atoms with Gasteiger partial charge in [-0.05, 0) is 30.3 Å². The van der Waals surface area contributed by atoms with Crippen molar-refractivity contribution in [3.05, 3.63) is 52.0 Å². The molecule has 0 amide bonds. The number of carboxylic acid groups (broad SMARTS) is 1. The lowest BCUT2D eigenvalue weighted by molar-refractivity contribution is 0.0694. The van der Waals surface area contributed by atoms with Gasteiger partial charge in [0, 0.05) is 16.1 Å². The van der Waals surface area contributed by atoms with Crippen molar-refractivity contribution in [1.82, 2.24) is 0 Å². The molecule has 0 saturated carbocycles. The van der Waals surface area contributed by atoms with Gasteiger partial charge in [-0.1, -0.05) is 15.9 Å². The molecule has 1 aliphatic heterocycles. The van der Waals surface area contributed by atoms with Crippen LogP contribution in [0.15, 0.2) is 40.9 Å². The Kier molecular flexibility index (Phi) is 3.70.